The zero-order valence-electron chi connectivity index (χ0n) is 16.1. The summed E-state index contributed by atoms with van der Waals surface area (Å²) in [6.45, 7) is 9.50. The predicted molar refractivity (Wildman–Crippen MR) is 98.1 cm³/mol. The van der Waals surface area contributed by atoms with E-state index in [0.29, 0.717) is 12.6 Å². The van der Waals surface area contributed by atoms with Crippen LogP contribution < -0.4 is 5.32 Å². The fourth-order valence-corrected chi connectivity index (χ4v) is 4.23. The van der Waals surface area contributed by atoms with Crippen molar-refractivity contribution in [1.82, 2.24) is 15.1 Å². The molecular weight excluding hydrogens is 302 g/mol. The van der Waals surface area contributed by atoms with Crippen molar-refractivity contribution in [1.29, 1.82) is 0 Å². The second-order valence-corrected chi connectivity index (χ2v) is 7.90. The molecule has 0 aromatic heterocycles. The number of carbonyl (C=O) groups is 1. The number of piperidine rings is 2. The average molecular weight is 340 g/mol. The molecule has 2 aliphatic heterocycles. The Hall–Kier alpha value is -0.650. The van der Waals surface area contributed by atoms with E-state index < -0.39 is 0 Å². The first-order valence-corrected chi connectivity index (χ1v) is 9.73. The summed E-state index contributed by atoms with van der Waals surface area (Å²) in [5.74, 6) is 1.07. The number of methoxy groups -OCH3 is 1. The van der Waals surface area contributed by atoms with Crippen molar-refractivity contribution >= 4 is 5.91 Å². The number of hydrogen-bond acceptors (Lipinski definition) is 4. The van der Waals surface area contributed by atoms with Gasteiger partial charge in [-0.3, -0.25) is 4.79 Å². The lowest BCUT2D eigenvalue weighted by atomic mass is 9.88. The molecule has 2 fully saturated rings. The number of nitrogens with one attached hydrogen (secondary N) is 1. The van der Waals surface area contributed by atoms with E-state index >= 15 is 0 Å². The first-order valence-electron chi connectivity index (χ1n) is 9.73. The van der Waals surface area contributed by atoms with E-state index in [1.807, 2.05) is 0 Å². The molecule has 0 aromatic carbocycles. The summed E-state index contributed by atoms with van der Waals surface area (Å²) in [7, 11) is 3.83. The third kappa shape index (κ3) is 5.43. The molecule has 2 heterocycles. The smallest absolute Gasteiger partial charge is 0.224 e. The van der Waals surface area contributed by atoms with Gasteiger partial charge in [0.1, 0.15) is 0 Å². The Labute approximate surface area is 148 Å². The van der Waals surface area contributed by atoms with Gasteiger partial charge in [0.15, 0.2) is 0 Å². The maximum atomic E-state index is 12.6. The molecule has 0 spiro atoms. The van der Waals surface area contributed by atoms with Crippen LogP contribution in [0.25, 0.3) is 0 Å². The van der Waals surface area contributed by atoms with Crippen LogP contribution in [0.4, 0.5) is 0 Å². The van der Waals surface area contributed by atoms with Crippen molar-refractivity contribution in [2.24, 2.45) is 11.8 Å². The van der Waals surface area contributed by atoms with E-state index in [1.165, 1.54) is 25.9 Å². The third-order valence-electron chi connectivity index (χ3n) is 5.96. The number of likely N-dealkylation sites (tertiary alicyclic amines) is 2. The van der Waals surface area contributed by atoms with Gasteiger partial charge in [0.2, 0.25) is 5.91 Å². The topological polar surface area (TPSA) is 44.8 Å². The van der Waals surface area contributed by atoms with Crippen LogP contribution in [0.1, 0.15) is 46.0 Å². The monoisotopic (exact) mass is 339 g/mol. The summed E-state index contributed by atoms with van der Waals surface area (Å²) < 4.78 is 5.33. The van der Waals surface area contributed by atoms with Crippen LogP contribution in [-0.4, -0.2) is 74.7 Å². The van der Waals surface area contributed by atoms with Crippen LogP contribution in [0.15, 0.2) is 0 Å². The minimum atomic E-state index is 0.0755. The predicted octanol–water partition coefficient (Wildman–Crippen LogP) is 1.97. The van der Waals surface area contributed by atoms with Crippen molar-refractivity contribution in [3.8, 4) is 0 Å². The Morgan fingerprint density at radius 3 is 2.54 bits per heavy atom. The number of ether oxygens (including phenoxy) is 1. The quantitative estimate of drug-likeness (QED) is 0.770. The molecule has 0 unspecified atom stereocenters. The number of likely N-dealkylation sites (N-methyl/N-ethyl adjacent to an activating group) is 1. The Morgan fingerprint density at radius 1 is 1.21 bits per heavy atom. The minimum absolute atomic E-state index is 0.0755. The molecule has 5 nitrogen and oxygen atoms in total. The zero-order valence-corrected chi connectivity index (χ0v) is 16.1. The number of hydrogen-bond donors (Lipinski definition) is 1. The van der Waals surface area contributed by atoms with Crippen LogP contribution in [0.3, 0.4) is 0 Å². The van der Waals surface area contributed by atoms with Gasteiger partial charge in [-0.25, -0.2) is 0 Å². The highest BCUT2D eigenvalue weighted by molar-refractivity contribution is 5.79. The van der Waals surface area contributed by atoms with Gasteiger partial charge in [0, 0.05) is 25.7 Å². The summed E-state index contributed by atoms with van der Waals surface area (Å²) in [4.78, 5) is 17.4. The normalized spacial score (nSPS) is 27.5. The van der Waals surface area contributed by atoms with Crippen LogP contribution >= 0.6 is 0 Å². The first kappa shape index (κ1) is 19.7. The standard InChI is InChI=1S/C19H37N3O2/c1-15(2)22-12-8-16(9-13-22)7-10-20-19(23)17-6-5-11-21(3)18(17)14-24-4/h15-18H,5-14H2,1-4H3,(H,20,23)/t17-,18-/m1/s1. The molecule has 0 radical (unpaired) electrons. The third-order valence-corrected chi connectivity index (χ3v) is 5.96. The van der Waals surface area contributed by atoms with E-state index in [1.54, 1.807) is 7.11 Å². The van der Waals surface area contributed by atoms with Crippen LogP contribution in [0.5, 0.6) is 0 Å². The number of nitrogens with zero attached hydrogens (tertiary/aromatic N) is 2. The van der Waals surface area contributed by atoms with E-state index in [9.17, 15) is 4.79 Å². The molecule has 2 aliphatic rings. The highest BCUT2D eigenvalue weighted by atomic mass is 16.5. The lowest BCUT2D eigenvalue weighted by Gasteiger charge is -2.38. The Balaban J connectivity index is 1.71. The molecule has 1 N–H and O–H groups in total. The van der Waals surface area contributed by atoms with Gasteiger partial charge in [0.25, 0.3) is 0 Å². The fraction of sp³-hybridized carbons (Fsp3) is 0.947. The molecule has 0 aliphatic carbocycles. The molecule has 0 aromatic rings. The Bertz CT molecular complexity index is 381. The highest BCUT2D eigenvalue weighted by Gasteiger charge is 2.34. The second kappa shape index (κ2) is 9.73. The molecule has 5 heteroatoms. The maximum absolute atomic E-state index is 12.6. The van der Waals surface area contributed by atoms with Gasteiger partial charge in [-0.1, -0.05) is 0 Å². The maximum Gasteiger partial charge on any atom is 0.224 e. The lowest BCUT2D eigenvalue weighted by molar-refractivity contribution is -0.129. The van der Waals surface area contributed by atoms with Crippen molar-refractivity contribution in [2.75, 3.05) is 46.9 Å². The zero-order chi connectivity index (χ0) is 17.5. The summed E-state index contributed by atoms with van der Waals surface area (Å²) in [5.41, 5.74) is 0. The second-order valence-electron chi connectivity index (χ2n) is 7.90. The summed E-state index contributed by atoms with van der Waals surface area (Å²) >= 11 is 0. The van der Waals surface area contributed by atoms with E-state index in [0.717, 1.165) is 38.3 Å². The first-order chi connectivity index (χ1) is 11.5. The summed E-state index contributed by atoms with van der Waals surface area (Å²) in [6, 6.07) is 0.879. The summed E-state index contributed by atoms with van der Waals surface area (Å²) in [6.07, 6.45) is 5.74. The lowest BCUT2D eigenvalue weighted by Crippen LogP contribution is -2.51. The van der Waals surface area contributed by atoms with Crippen molar-refractivity contribution in [2.45, 2.75) is 58.0 Å². The molecule has 2 rings (SSSR count). The molecule has 2 atom stereocenters. The van der Waals surface area contributed by atoms with E-state index in [4.69, 9.17) is 4.74 Å². The molecule has 0 bridgehead atoms. The van der Waals surface area contributed by atoms with Gasteiger partial charge in [0.05, 0.1) is 12.5 Å². The van der Waals surface area contributed by atoms with Gasteiger partial charge in [-0.2, -0.15) is 0 Å². The van der Waals surface area contributed by atoms with E-state index in [-0.39, 0.29) is 17.9 Å². The van der Waals surface area contributed by atoms with Gasteiger partial charge in [-0.15, -0.1) is 0 Å². The molecule has 2 saturated heterocycles. The fourth-order valence-electron chi connectivity index (χ4n) is 4.23. The molecule has 1 amide bonds. The molecular formula is C19H37N3O2. The highest BCUT2D eigenvalue weighted by Crippen LogP contribution is 2.24. The number of amides is 1. The largest absolute Gasteiger partial charge is 0.383 e. The van der Waals surface area contributed by atoms with Gasteiger partial charge < -0.3 is 19.9 Å². The van der Waals surface area contributed by atoms with Crippen LogP contribution in [0.2, 0.25) is 0 Å². The number of carbonyl (C=O) groups excluding carboxylic acids is 1. The summed E-state index contributed by atoms with van der Waals surface area (Å²) in [5, 5.41) is 3.21. The van der Waals surface area contributed by atoms with Crippen molar-refractivity contribution in [3.63, 3.8) is 0 Å². The molecule has 140 valence electrons. The Kier molecular flexibility index (Phi) is 7.98. The molecule has 24 heavy (non-hydrogen) atoms. The van der Waals surface area contributed by atoms with Gasteiger partial charge >= 0.3 is 0 Å². The Morgan fingerprint density at radius 2 is 1.92 bits per heavy atom. The molecule has 0 saturated carbocycles. The van der Waals surface area contributed by atoms with Crippen molar-refractivity contribution in [3.05, 3.63) is 0 Å². The van der Waals surface area contributed by atoms with Crippen LogP contribution in [-0.2, 0) is 9.53 Å². The van der Waals surface area contributed by atoms with E-state index in [2.05, 4.69) is 36.0 Å². The van der Waals surface area contributed by atoms with Crippen molar-refractivity contribution < 1.29 is 9.53 Å². The minimum Gasteiger partial charge on any atom is -0.383 e. The number of rotatable bonds is 7. The SMILES string of the molecule is COC[C@@H]1[C@H](C(=O)NCCC2CCN(C(C)C)CC2)CCCN1C. The average Bonchev–Trinajstić information content (AvgIpc) is 2.57. The van der Waals surface area contributed by atoms with Crippen LogP contribution in [0, 0.1) is 11.8 Å². The van der Waals surface area contributed by atoms with Gasteiger partial charge in [-0.05, 0) is 78.6 Å².